The van der Waals surface area contributed by atoms with Crippen LogP contribution in [0.4, 0.5) is 0 Å². The molecule has 10 atom stereocenters. The van der Waals surface area contributed by atoms with Gasteiger partial charge in [-0.05, 0) is 125 Å². The summed E-state index contributed by atoms with van der Waals surface area (Å²) in [5.74, 6) is 2.26. The van der Waals surface area contributed by atoms with E-state index in [1.54, 1.807) is 6.92 Å². The first-order chi connectivity index (χ1) is 19.8. The number of hydrogen-bond donors (Lipinski definition) is 0. The molecule has 4 aliphatic carbocycles. The normalized spacial score (nSPS) is 38.4. The third-order valence-electron chi connectivity index (χ3n) is 12.7. The molecule has 0 aromatic carbocycles. The third-order valence-corrected chi connectivity index (χ3v) is 12.7. The molecule has 4 rings (SSSR count). The zero-order valence-corrected chi connectivity index (χ0v) is 27.7. The molecule has 4 saturated carbocycles. The minimum Gasteiger partial charge on any atom is -0.462 e. The number of fused-ring (bicyclic) bond motifs is 5. The Labute approximate surface area is 254 Å². The van der Waals surface area contributed by atoms with Crippen molar-refractivity contribution in [3.8, 4) is 0 Å². The van der Waals surface area contributed by atoms with E-state index in [4.69, 9.17) is 18.9 Å². The van der Waals surface area contributed by atoms with Crippen LogP contribution in [0.1, 0.15) is 126 Å². The summed E-state index contributed by atoms with van der Waals surface area (Å²) in [6.07, 6.45) is 10.2. The molecule has 0 radical (unpaired) electrons. The van der Waals surface area contributed by atoms with Gasteiger partial charge in [0.25, 0.3) is 0 Å². The molecule has 0 saturated heterocycles. The van der Waals surface area contributed by atoms with E-state index in [-0.39, 0.29) is 47.7 Å². The molecule has 0 aliphatic heterocycles. The van der Waals surface area contributed by atoms with E-state index in [0.29, 0.717) is 48.5 Å². The maximum Gasteiger partial charge on any atom is 0.311 e. The Hall–Kier alpha value is -1.63. The van der Waals surface area contributed by atoms with Crippen molar-refractivity contribution < 1.29 is 33.3 Å². The molecule has 240 valence electrons. The summed E-state index contributed by atoms with van der Waals surface area (Å²) in [6.45, 7) is 17.3. The van der Waals surface area contributed by atoms with E-state index >= 15 is 0 Å². The summed E-state index contributed by atoms with van der Waals surface area (Å²) < 4.78 is 22.7. The lowest BCUT2D eigenvalue weighted by atomic mass is 9.43. The number of carbonyl (C=O) groups excluding carboxylic acids is 3. The third kappa shape index (κ3) is 6.56. The fourth-order valence-corrected chi connectivity index (χ4v) is 9.84. The molecular formula is C35H58O7. The maximum absolute atomic E-state index is 12.9. The average molecular weight is 591 g/mol. The Morgan fingerprint density at radius 1 is 0.929 bits per heavy atom. The van der Waals surface area contributed by atoms with Crippen molar-refractivity contribution in [2.24, 2.45) is 51.8 Å². The highest BCUT2D eigenvalue weighted by Gasteiger charge is 2.64. The van der Waals surface area contributed by atoms with Crippen molar-refractivity contribution >= 4 is 17.9 Å². The van der Waals surface area contributed by atoms with Crippen molar-refractivity contribution in [2.45, 2.75) is 138 Å². The van der Waals surface area contributed by atoms with E-state index in [1.165, 1.54) is 6.42 Å². The Morgan fingerprint density at radius 3 is 2.29 bits per heavy atom. The Morgan fingerprint density at radius 2 is 1.62 bits per heavy atom. The van der Waals surface area contributed by atoms with Gasteiger partial charge in [-0.2, -0.15) is 0 Å². The van der Waals surface area contributed by atoms with E-state index in [1.807, 2.05) is 27.7 Å². The molecule has 0 amide bonds. The van der Waals surface area contributed by atoms with Gasteiger partial charge in [-0.25, -0.2) is 0 Å². The van der Waals surface area contributed by atoms with Crippen LogP contribution >= 0.6 is 0 Å². The van der Waals surface area contributed by atoms with E-state index in [0.717, 1.165) is 57.8 Å². The number of esters is 3. The van der Waals surface area contributed by atoms with Crippen LogP contribution in [-0.2, 0) is 33.3 Å². The maximum atomic E-state index is 12.9. The lowest BCUT2D eigenvalue weighted by Gasteiger charge is -2.62. The molecule has 0 aromatic rings. The lowest BCUT2D eigenvalue weighted by Crippen LogP contribution is -2.59. The van der Waals surface area contributed by atoms with Gasteiger partial charge in [-0.15, -0.1) is 0 Å². The van der Waals surface area contributed by atoms with Gasteiger partial charge in [-0.3, -0.25) is 14.4 Å². The van der Waals surface area contributed by atoms with Crippen LogP contribution in [0.3, 0.4) is 0 Å². The number of carbonyl (C=O) groups is 3. The Balaban J connectivity index is 1.48. The summed E-state index contributed by atoms with van der Waals surface area (Å²) in [6, 6.07) is 0. The van der Waals surface area contributed by atoms with Crippen molar-refractivity contribution in [3.05, 3.63) is 0 Å². The largest absolute Gasteiger partial charge is 0.462 e. The monoisotopic (exact) mass is 590 g/mol. The Bertz CT molecular complexity index is 976. The van der Waals surface area contributed by atoms with Gasteiger partial charge >= 0.3 is 17.9 Å². The predicted molar refractivity (Wildman–Crippen MR) is 161 cm³/mol. The average Bonchev–Trinajstić information content (AvgIpc) is 3.29. The molecule has 7 nitrogen and oxygen atoms in total. The molecule has 7 heteroatoms. The summed E-state index contributed by atoms with van der Waals surface area (Å²) in [7, 11) is 0. The van der Waals surface area contributed by atoms with Crippen LogP contribution < -0.4 is 0 Å². The van der Waals surface area contributed by atoms with Crippen LogP contribution in [0.25, 0.3) is 0 Å². The van der Waals surface area contributed by atoms with E-state index in [9.17, 15) is 14.4 Å². The standard InChI is InChI=1S/C35H58O7/c1-9-33(5,6)32(38)42-25-15-17-34(7)24(19-25)20-29(41-23(4)36)31-27-13-12-26(35(27,8)18-16-28(31)34)22(3)11-14-30(37)40-21-39-10-2/h22,24-29,31H,9-21H2,1-8H3/t22?,24?,25?,26?,27?,28?,29?,31?,34-,35+/m0/s1. The SMILES string of the molecule is CCOCOC(=O)CCC(C)C1CCC2C3C(OC(C)=O)CC4CC(OC(=O)C(C)(C)CC)CC[C@]4(C)C3CC[C@]12C. The predicted octanol–water partition coefficient (Wildman–Crippen LogP) is 7.49. The lowest BCUT2D eigenvalue weighted by molar-refractivity contribution is -0.199. The molecule has 8 unspecified atom stereocenters. The summed E-state index contributed by atoms with van der Waals surface area (Å²) in [5.41, 5.74) is -0.123. The van der Waals surface area contributed by atoms with Gasteiger partial charge < -0.3 is 18.9 Å². The van der Waals surface area contributed by atoms with Crippen molar-refractivity contribution in [1.82, 2.24) is 0 Å². The van der Waals surface area contributed by atoms with Crippen LogP contribution in [0.2, 0.25) is 0 Å². The summed E-state index contributed by atoms with van der Waals surface area (Å²) >= 11 is 0. The molecule has 0 spiro atoms. The molecule has 0 aromatic heterocycles. The first kappa shape index (κ1) is 33.3. The van der Waals surface area contributed by atoms with Crippen LogP contribution in [-0.4, -0.2) is 43.5 Å². The quantitative estimate of drug-likeness (QED) is 0.107. The van der Waals surface area contributed by atoms with Gasteiger partial charge in [0, 0.05) is 25.9 Å². The van der Waals surface area contributed by atoms with Crippen LogP contribution in [0, 0.1) is 51.8 Å². The molecular weight excluding hydrogens is 532 g/mol. The minimum absolute atomic E-state index is 0.0349. The van der Waals surface area contributed by atoms with Crippen molar-refractivity contribution in [3.63, 3.8) is 0 Å². The molecule has 0 bridgehead atoms. The zero-order valence-electron chi connectivity index (χ0n) is 27.7. The molecule has 0 N–H and O–H groups in total. The fraction of sp³-hybridized carbons (Fsp3) is 0.914. The number of hydrogen-bond acceptors (Lipinski definition) is 7. The highest BCUT2D eigenvalue weighted by atomic mass is 16.7. The first-order valence-electron chi connectivity index (χ1n) is 16.9. The molecule has 42 heavy (non-hydrogen) atoms. The smallest absolute Gasteiger partial charge is 0.311 e. The van der Waals surface area contributed by atoms with Gasteiger partial charge in [0.2, 0.25) is 0 Å². The van der Waals surface area contributed by atoms with Gasteiger partial charge in [0.05, 0.1) is 5.41 Å². The minimum atomic E-state index is -0.466. The molecule has 0 heterocycles. The fourth-order valence-electron chi connectivity index (χ4n) is 9.84. The zero-order chi connectivity index (χ0) is 30.9. The highest BCUT2D eigenvalue weighted by Crippen LogP contribution is 2.69. The van der Waals surface area contributed by atoms with Gasteiger partial charge in [0.1, 0.15) is 12.2 Å². The molecule has 4 aliphatic rings. The summed E-state index contributed by atoms with van der Waals surface area (Å²) in [5, 5.41) is 0. The topological polar surface area (TPSA) is 88.1 Å². The highest BCUT2D eigenvalue weighted by molar-refractivity contribution is 5.76. The second kappa shape index (κ2) is 13.2. The molecule has 4 fully saturated rings. The van der Waals surface area contributed by atoms with E-state index in [2.05, 4.69) is 20.8 Å². The van der Waals surface area contributed by atoms with Crippen LogP contribution in [0.15, 0.2) is 0 Å². The van der Waals surface area contributed by atoms with Crippen LogP contribution in [0.5, 0.6) is 0 Å². The van der Waals surface area contributed by atoms with Crippen molar-refractivity contribution in [2.75, 3.05) is 13.4 Å². The van der Waals surface area contributed by atoms with Gasteiger partial charge in [-0.1, -0.05) is 27.7 Å². The number of ether oxygens (including phenoxy) is 4. The summed E-state index contributed by atoms with van der Waals surface area (Å²) in [4.78, 5) is 37.6. The van der Waals surface area contributed by atoms with E-state index < -0.39 is 5.41 Å². The second-order valence-corrected chi connectivity index (χ2v) is 15.3. The Kier molecular flexibility index (Phi) is 10.4. The second-order valence-electron chi connectivity index (χ2n) is 15.3. The number of rotatable bonds is 11. The van der Waals surface area contributed by atoms with Gasteiger partial charge in [0.15, 0.2) is 6.79 Å². The van der Waals surface area contributed by atoms with Crippen molar-refractivity contribution in [1.29, 1.82) is 0 Å². The first-order valence-corrected chi connectivity index (χ1v) is 16.9.